The van der Waals surface area contributed by atoms with Crippen LogP contribution in [0.5, 0.6) is 11.5 Å². The molecule has 0 saturated carbocycles. The molecule has 3 aromatic rings. The number of benzene rings is 3. The van der Waals surface area contributed by atoms with E-state index in [9.17, 15) is 9.59 Å². The summed E-state index contributed by atoms with van der Waals surface area (Å²) in [6.07, 6.45) is -0.401. The maximum absolute atomic E-state index is 12.1. The van der Waals surface area contributed by atoms with Crippen LogP contribution in [0.1, 0.15) is 26.3 Å². The Bertz CT molecular complexity index is 1050. The predicted molar refractivity (Wildman–Crippen MR) is 119 cm³/mol. The number of fused-ring (bicyclic) bond motifs is 1. The molecule has 1 amide bonds. The van der Waals surface area contributed by atoms with Gasteiger partial charge >= 0.3 is 12.1 Å². The van der Waals surface area contributed by atoms with E-state index in [2.05, 4.69) is 11.4 Å². The minimum atomic E-state index is -0.855. The first-order valence-electron chi connectivity index (χ1n) is 10.1. The third-order valence-corrected chi connectivity index (χ3v) is 4.50. The van der Waals surface area contributed by atoms with E-state index in [1.807, 2.05) is 60.7 Å². The molecular weight excluding hydrogens is 394 g/mol. The molecule has 0 unspecified atom stereocenters. The zero-order valence-corrected chi connectivity index (χ0v) is 18.2. The van der Waals surface area contributed by atoms with Crippen molar-refractivity contribution in [2.45, 2.75) is 38.8 Å². The molecule has 1 N–H and O–H groups in total. The molecule has 162 valence electrons. The second-order valence-electron chi connectivity index (χ2n) is 8.18. The molecule has 0 aromatic heterocycles. The Morgan fingerprint density at radius 3 is 2.19 bits per heavy atom. The number of esters is 1. The molecule has 0 bridgehead atoms. The van der Waals surface area contributed by atoms with Gasteiger partial charge in [0.15, 0.2) is 0 Å². The summed E-state index contributed by atoms with van der Waals surface area (Å²) in [6.45, 7) is 5.27. The molecule has 0 saturated heterocycles. The molecular formula is C25H27NO5. The molecule has 0 fully saturated rings. The van der Waals surface area contributed by atoms with Crippen LogP contribution in [0.3, 0.4) is 0 Å². The minimum absolute atomic E-state index is 0.266. The van der Waals surface area contributed by atoms with Crippen molar-refractivity contribution in [3.05, 3.63) is 72.3 Å². The first-order valence-corrected chi connectivity index (χ1v) is 10.1. The fraction of sp³-hybridized carbons (Fsp3) is 0.280. The van der Waals surface area contributed by atoms with Crippen molar-refractivity contribution in [1.82, 2.24) is 5.32 Å². The van der Waals surface area contributed by atoms with E-state index in [0.29, 0.717) is 5.75 Å². The summed E-state index contributed by atoms with van der Waals surface area (Å²) >= 11 is 0. The molecule has 31 heavy (non-hydrogen) atoms. The average molecular weight is 421 g/mol. The van der Waals surface area contributed by atoms with E-state index in [-0.39, 0.29) is 6.42 Å². The van der Waals surface area contributed by atoms with E-state index in [1.54, 1.807) is 20.8 Å². The van der Waals surface area contributed by atoms with Gasteiger partial charge in [-0.2, -0.15) is 0 Å². The smallest absolute Gasteiger partial charge is 0.408 e. The number of amides is 1. The van der Waals surface area contributed by atoms with Crippen molar-refractivity contribution >= 4 is 22.8 Å². The number of hydrogen-bond donors (Lipinski definition) is 1. The summed E-state index contributed by atoms with van der Waals surface area (Å²) in [5.41, 5.74) is 0.185. The lowest BCUT2D eigenvalue weighted by Gasteiger charge is -2.22. The normalized spacial score (nSPS) is 12.1. The Morgan fingerprint density at radius 2 is 1.55 bits per heavy atom. The summed E-state index contributed by atoms with van der Waals surface area (Å²) in [7, 11) is 1.28. The zero-order valence-electron chi connectivity index (χ0n) is 18.2. The summed E-state index contributed by atoms with van der Waals surface area (Å²) in [5.74, 6) is 0.876. The highest BCUT2D eigenvalue weighted by atomic mass is 16.6. The SMILES string of the molecule is COC(=O)[C@H](Cc1ccc(Oc2ccc3ccccc3c2)cc1)NC(=O)OC(C)(C)C. The van der Waals surface area contributed by atoms with E-state index >= 15 is 0 Å². The standard InChI is InChI=1S/C25H27NO5/c1-25(2,3)31-24(28)26-22(23(27)29-4)15-17-9-12-20(13-10-17)30-21-14-11-18-7-5-6-8-19(18)16-21/h5-14,16,22H,15H2,1-4H3,(H,26,28)/t22-/m0/s1. The van der Waals surface area contributed by atoms with Crippen molar-refractivity contribution in [2.24, 2.45) is 0 Å². The third-order valence-electron chi connectivity index (χ3n) is 4.50. The van der Waals surface area contributed by atoms with Gasteiger partial charge in [0, 0.05) is 6.42 Å². The Morgan fingerprint density at radius 1 is 0.903 bits per heavy atom. The van der Waals surface area contributed by atoms with Crippen LogP contribution in [0.15, 0.2) is 66.7 Å². The van der Waals surface area contributed by atoms with Crippen LogP contribution in [0, 0.1) is 0 Å². The fourth-order valence-corrected chi connectivity index (χ4v) is 3.08. The van der Waals surface area contributed by atoms with E-state index in [0.717, 1.165) is 22.1 Å². The number of hydrogen-bond acceptors (Lipinski definition) is 5. The molecule has 0 aliphatic heterocycles. The lowest BCUT2D eigenvalue weighted by atomic mass is 10.1. The second-order valence-corrected chi connectivity index (χ2v) is 8.18. The molecule has 3 aromatic carbocycles. The maximum atomic E-state index is 12.1. The summed E-state index contributed by atoms with van der Waals surface area (Å²) < 4.78 is 16.0. The molecule has 0 aliphatic carbocycles. The second kappa shape index (κ2) is 9.51. The zero-order chi connectivity index (χ0) is 22.4. The molecule has 0 spiro atoms. The van der Waals surface area contributed by atoms with Gasteiger partial charge in [-0.3, -0.25) is 0 Å². The van der Waals surface area contributed by atoms with Crippen LogP contribution in [-0.2, 0) is 20.7 Å². The van der Waals surface area contributed by atoms with E-state index in [1.165, 1.54) is 7.11 Å². The van der Waals surface area contributed by atoms with Gasteiger partial charge in [0.25, 0.3) is 0 Å². The first-order chi connectivity index (χ1) is 14.7. The van der Waals surface area contributed by atoms with Gasteiger partial charge in [-0.1, -0.05) is 42.5 Å². The van der Waals surface area contributed by atoms with Crippen LogP contribution >= 0.6 is 0 Å². The van der Waals surface area contributed by atoms with Gasteiger partial charge in [-0.15, -0.1) is 0 Å². The van der Waals surface area contributed by atoms with E-state index in [4.69, 9.17) is 14.2 Å². The quantitative estimate of drug-likeness (QED) is 0.551. The number of nitrogens with one attached hydrogen (secondary N) is 1. The van der Waals surface area contributed by atoms with Crippen molar-refractivity contribution in [3.63, 3.8) is 0 Å². The molecule has 0 heterocycles. The number of methoxy groups -OCH3 is 1. The molecule has 1 atom stereocenters. The van der Waals surface area contributed by atoms with Crippen LogP contribution in [0.4, 0.5) is 4.79 Å². The van der Waals surface area contributed by atoms with Gasteiger partial charge in [-0.25, -0.2) is 9.59 Å². The van der Waals surface area contributed by atoms with Crippen molar-refractivity contribution < 1.29 is 23.8 Å². The Balaban J connectivity index is 1.66. The van der Waals surface area contributed by atoms with Crippen LogP contribution in [-0.4, -0.2) is 30.8 Å². The van der Waals surface area contributed by atoms with Crippen molar-refractivity contribution in [3.8, 4) is 11.5 Å². The highest BCUT2D eigenvalue weighted by Gasteiger charge is 2.25. The molecule has 3 rings (SSSR count). The topological polar surface area (TPSA) is 73.9 Å². The number of alkyl carbamates (subject to hydrolysis) is 1. The lowest BCUT2D eigenvalue weighted by Crippen LogP contribution is -2.45. The van der Waals surface area contributed by atoms with Crippen LogP contribution in [0.25, 0.3) is 10.8 Å². The number of ether oxygens (including phenoxy) is 3. The van der Waals surface area contributed by atoms with Crippen LogP contribution in [0.2, 0.25) is 0 Å². The maximum Gasteiger partial charge on any atom is 0.408 e. The fourth-order valence-electron chi connectivity index (χ4n) is 3.08. The lowest BCUT2D eigenvalue weighted by molar-refractivity contribution is -0.143. The summed E-state index contributed by atoms with van der Waals surface area (Å²) in [5, 5.41) is 4.83. The highest BCUT2D eigenvalue weighted by molar-refractivity contribution is 5.84. The molecule has 0 radical (unpaired) electrons. The molecule has 6 nitrogen and oxygen atoms in total. The Hall–Kier alpha value is -3.54. The largest absolute Gasteiger partial charge is 0.467 e. The highest BCUT2D eigenvalue weighted by Crippen LogP contribution is 2.26. The molecule has 0 aliphatic rings. The van der Waals surface area contributed by atoms with Crippen molar-refractivity contribution in [1.29, 1.82) is 0 Å². The van der Waals surface area contributed by atoms with Gasteiger partial charge < -0.3 is 19.5 Å². The van der Waals surface area contributed by atoms with Gasteiger partial charge in [-0.05, 0) is 61.4 Å². The monoisotopic (exact) mass is 421 g/mol. The third kappa shape index (κ3) is 6.47. The average Bonchev–Trinajstić information content (AvgIpc) is 2.72. The molecule has 6 heteroatoms. The number of rotatable bonds is 6. The Kier molecular flexibility index (Phi) is 6.80. The number of carbonyl (C=O) groups excluding carboxylic acids is 2. The van der Waals surface area contributed by atoms with Gasteiger partial charge in [0.1, 0.15) is 23.1 Å². The summed E-state index contributed by atoms with van der Waals surface area (Å²) in [4.78, 5) is 24.2. The predicted octanol–water partition coefficient (Wildman–Crippen LogP) is 5.24. The summed E-state index contributed by atoms with van der Waals surface area (Å²) in [6, 6.07) is 20.5. The van der Waals surface area contributed by atoms with Crippen LogP contribution < -0.4 is 10.1 Å². The Labute approximate surface area is 182 Å². The number of carbonyl (C=O) groups is 2. The first kappa shape index (κ1) is 22.2. The van der Waals surface area contributed by atoms with Crippen molar-refractivity contribution in [2.75, 3.05) is 7.11 Å². The van der Waals surface area contributed by atoms with Gasteiger partial charge in [0.05, 0.1) is 7.11 Å². The van der Waals surface area contributed by atoms with E-state index < -0.39 is 23.7 Å². The van der Waals surface area contributed by atoms with Gasteiger partial charge in [0.2, 0.25) is 0 Å². The minimum Gasteiger partial charge on any atom is -0.467 e.